The Hall–Kier alpha value is -2.53. The molecule has 0 amide bonds. The number of benzene rings is 1. The van der Waals surface area contributed by atoms with Gasteiger partial charge in [-0.15, -0.1) is 0 Å². The maximum Gasteiger partial charge on any atom is 0.202 e. The standard InChI is InChI=1S/C23H25Cl2FN8O/c1-33-20(25)16-13(32-33)3-2-12(17(16)24)18-19-21(31-30-18)29-22(14(10-35)28-19)34-6-4-23(5-7-34)9-11(26)8-15(23)27/h2-3,11,15,35H,4-10,27H2,1H3,(H,29,30,31)/t11-,15-/m1/s1. The summed E-state index contributed by atoms with van der Waals surface area (Å²) in [5, 5.41) is 23.4. The second-order valence-electron chi connectivity index (χ2n) is 9.65. The number of rotatable bonds is 3. The molecule has 0 unspecified atom stereocenters. The van der Waals surface area contributed by atoms with E-state index in [1.807, 2.05) is 12.1 Å². The third kappa shape index (κ3) is 3.49. The number of alkyl halides is 1. The van der Waals surface area contributed by atoms with Crippen molar-refractivity contribution < 1.29 is 9.50 Å². The van der Waals surface area contributed by atoms with Gasteiger partial charge in [0.05, 0.1) is 28.2 Å². The lowest BCUT2D eigenvalue weighted by Crippen LogP contribution is -2.47. The van der Waals surface area contributed by atoms with E-state index in [0.717, 1.165) is 12.8 Å². The van der Waals surface area contributed by atoms with Crippen molar-refractivity contribution in [2.75, 3.05) is 18.0 Å². The molecule has 0 radical (unpaired) electrons. The summed E-state index contributed by atoms with van der Waals surface area (Å²) in [5.74, 6) is 0.591. The van der Waals surface area contributed by atoms with Crippen LogP contribution in [0.4, 0.5) is 10.2 Å². The molecule has 4 N–H and O–H groups in total. The van der Waals surface area contributed by atoms with Crippen LogP contribution < -0.4 is 10.6 Å². The molecular formula is C23H25Cl2FN8O. The number of hydrogen-bond donors (Lipinski definition) is 3. The molecule has 1 spiro atoms. The van der Waals surface area contributed by atoms with Crippen LogP contribution in [0.3, 0.4) is 0 Å². The van der Waals surface area contributed by atoms with Crippen LogP contribution in [0.2, 0.25) is 10.2 Å². The fourth-order valence-corrected chi connectivity index (χ4v) is 6.37. The molecule has 1 aliphatic heterocycles. The molecule has 1 aliphatic carbocycles. The highest BCUT2D eigenvalue weighted by Crippen LogP contribution is 2.47. The normalized spacial score (nSPS) is 22.2. The van der Waals surface area contributed by atoms with Gasteiger partial charge >= 0.3 is 0 Å². The van der Waals surface area contributed by atoms with Crippen molar-refractivity contribution >= 4 is 51.1 Å². The first-order chi connectivity index (χ1) is 16.8. The maximum atomic E-state index is 14.0. The van der Waals surface area contributed by atoms with Crippen LogP contribution in [0.1, 0.15) is 31.4 Å². The van der Waals surface area contributed by atoms with Gasteiger partial charge in [0.1, 0.15) is 22.5 Å². The van der Waals surface area contributed by atoms with Gasteiger partial charge in [-0.3, -0.25) is 9.78 Å². The minimum absolute atomic E-state index is 0.116. The summed E-state index contributed by atoms with van der Waals surface area (Å²) >= 11 is 13.1. The highest BCUT2D eigenvalue weighted by molar-refractivity contribution is 6.43. The number of H-pyrrole nitrogens is 1. The first-order valence-electron chi connectivity index (χ1n) is 11.6. The highest BCUT2D eigenvalue weighted by atomic mass is 35.5. The molecule has 4 heterocycles. The zero-order valence-corrected chi connectivity index (χ0v) is 20.6. The lowest BCUT2D eigenvalue weighted by Gasteiger charge is -2.42. The molecule has 9 nitrogen and oxygen atoms in total. The predicted molar refractivity (Wildman–Crippen MR) is 133 cm³/mol. The summed E-state index contributed by atoms with van der Waals surface area (Å²) in [6.07, 6.45) is 1.70. The minimum Gasteiger partial charge on any atom is -0.390 e. The molecule has 2 fully saturated rings. The predicted octanol–water partition coefficient (Wildman–Crippen LogP) is 3.75. The van der Waals surface area contributed by atoms with Gasteiger partial charge in [0, 0.05) is 31.7 Å². The summed E-state index contributed by atoms with van der Waals surface area (Å²) in [4.78, 5) is 11.6. The van der Waals surface area contributed by atoms with E-state index in [4.69, 9.17) is 38.9 Å². The zero-order chi connectivity index (χ0) is 24.5. The Balaban J connectivity index is 1.37. The number of nitrogens with zero attached hydrogens (tertiary/aromatic N) is 6. The molecule has 1 saturated heterocycles. The molecule has 4 aromatic rings. The number of aromatic nitrogens is 6. The average molecular weight is 519 g/mol. The van der Waals surface area contributed by atoms with Crippen LogP contribution in [-0.4, -0.2) is 60.4 Å². The third-order valence-electron chi connectivity index (χ3n) is 7.71. The van der Waals surface area contributed by atoms with E-state index < -0.39 is 6.17 Å². The number of nitrogens with two attached hydrogens (primary N) is 1. The van der Waals surface area contributed by atoms with E-state index in [0.29, 0.717) is 80.9 Å². The van der Waals surface area contributed by atoms with Crippen molar-refractivity contribution in [2.24, 2.45) is 18.2 Å². The van der Waals surface area contributed by atoms with Gasteiger partial charge in [-0.1, -0.05) is 23.2 Å². The number of nitrogens with one attached hydrogen (secondary N) is 1. The molecule has 3 aromatic heterocycles. The number of aromatic amines is 1. The Kier molecular flexibility index (Phi) is 5.41. The summed E-state index contributed by atoms with van der Waals surface area (Å²) in [6.45, 7) is 1.07. The van der Waals surface area contributed by atoms with Gasteiger partial charge in [0.25, 0.3) is 0 Å². The molecule has 35 heavy (non-hydrogen) atoms. The van der Waals surface area contributed by atoms with E-state index in [1.54, 1.807) is 11.7 Å². The lowest BCUT2D eigenvalue weighted by molar-refractivity contribution is 0.183. The number of aliphatic hydroxyl groups is 1. The summed E-state index contributed by atoms with van der Waals surface area (Å²) in [6, 6.07) is 3.56. The molecule has 6 rings (SSSR count). The Bertz CT molecular complexity index is 1440. The van der Waals surface area contributed by atoms with Gasteiger partial charge in [-0.25, -0.2) is 14.4 Å². The lowest BCUT2D eigenvalue weighted by atomic mass is 9.74. The van der Waals surface area contributed by atoms with Crippen molar-refractivity contribution in [2.45, 2.75) is 44.5 Å². The number of hydrogen-bond acceptors (Lipinski definition) is 7. The number of piperidine rings is 1. The van der Waals surface area contributed by atoms with Gasteiger partial charge in [0.15, 0.2) is 5.82 Å². The van der Waals surface area contributed by atoms with E-state index in [2.05, 4.69) is 20.2 Å². The molecule has 1 aromatic carbocycles. The smallest absolute Gasteiger partial charge is 0.202 e. The molecule has 12 heteroatoms. The second-order valence-corrected chi connectivity index (χ2v) is 10.4. The van der Waals surface area contributed by atoms with Crippen LogP contribution in [0.5, 0.6) is 0 Å². The van der Waals surface area contributed by atoms with E-state index in [9.17, 15) is 9.50 Å². The Morgan fingerprint density at radius 2 is 2.03 bits per heavy atom. The molecule has 2 aliphatic rings. The number of aliphatic hydroxyl groups excluding tert-OH is 1. The largest absolute Gasteiger partial charge is 0.390 e. The minimum atomic E-state index is -0.823. The zero-order valence-electron chi connectivity index (χ0n) is 19.1. The highest BCUT2D eigenvalue weighted by Gasteiger charge is 2.47. The van der Waals surface area contributed by atoms with Crippen molar-refractivity contribution in [3.63, 3.8) is 0 Å². The van der Waals surface area contributed by atoms with Crippen molar-refractivity contribution in [1.29, 1.82) is 0 Å². The summed E-state index contributed by atoms with van der Waals surface area (Å²) in [7, 11) is 1.75. The molecule has 1 saturated carbocycles. The Morgan fingerprint density at radius 1 is 1.26 bits per heavy atom. The number of fused-ring (bicyclic) bond motifs is 2. The first-order valence-corrected chi connectivity index (χ1v) is 12.4. The topological polar surface area (TPSA) is 122 Å². The van der Waals surface area contributed by atoms with Crippen LogP contribution in [0, 0.1) is 5.41 Å². The van der Waals surface area contributed by atoms with Crippen molar-refractivity contribution in [1.82, 2.24) is 29.9 Å². The van der Waals surface area contributed by atoms with Gasteiger partial charge in [-0.05, 0) is 43.2 Å². The molecule has 0 bridgehead atoms. The number of aryl methyl sites for hydroxylation is 1. The Morgan fingerprint density at radius 3 is 2.71 bits per heavy atom. The molecule has 2 atom stereocenters. The summed E-state index contributed by atoms with van der Waals surface area (Å²) in [5.41, 5.74) is 9.45. The second kappa shape index (κ2) is 8.26. The molecule has 184 valence electrons. The summed E-state index contributed by atoms with van der Waals surface area (Å²) < 4.78 is 15.6. The first kappa shape index (κ1) is 22.9. The van der Waals surface area contributed by atoms with Gasteiger partial charge in [-0.2, -0.15) is 10.2 Å². The fourth-order valence-electron chi connectivity index (χ4n) is 5.75. The third-order valence-corrected chi connectivity index (χ3v) is 8.54. The van der Waals surface area contributed by atoms with Crippen molar-refractivity contribution in [3.8, 4) is 11.3 Å². The number of anilines is 1. The van der Waals surface area contributed by atoms with Crippen LogP contribution in [0.25, 0.3) is 33.3 Å². The van der Waals surface area contributed by atoms with E-state index >= 15 is 0 Å². The maximum absolute atomic E-state index is 14.0. The van der Waals surface area contributed by atoms with Crippen LogP contribution >= 0.6 is 23.2 Å². The SMILES string of the molecule is Cn1nc2ccc(-c3[nH]nc4nc(N5CCC6(CC5)C[C@H](F)C[C@H]6N)c(CO)nc34)c(Cl)c2c1Cl. The van der Waals surface area contributed by atoms with Gasteiger partial charge in [0.2, 0.25) is 5.65 Å². The van der Waals surface area contributed by atoms with Crippen LogP contribution in [-0.2, 0) is 13.7 Å². The monoisotopic (exact) mass is 518 g/mol. The number of halogens is 3. The quantitative estimate of drug-likeness (QED) is 0.377. The van der Waals surface area contributed by atoms with Crippen molar-refractivity contribution in [3.05, 3.63) is 28.0 Å². The average Bonchev–Trinajstić information content (AvgIpc) is 3.47. The van der Waals surface area contributed by atoms with Gasteiger partial charge < -0.3 is 15.7 Å². The van der Waals surface area contributed by atoms with E-state index in [-0.39, 0.29) is 18.1 Å². The molecular weight excluding hydrogens is 494 g/mol. The fraction of sp³-hybridized carbons (Fsp3) is 0.478. The Labute approximate surface area is 210 Å². The van der Waals surface area contributed by atoms with E-state index in [1.165, 1.54) is 0 Å². The van der Waals surface area contributed by atoms with Crippen LogP contribution in [0.15, 0.2) is 12.1 Å².